The number of alkyl halides is 3. The zero-order chi connectivity index (χ0) is 18.6. The molecule has 9 heteroatoms. The van der Waals surface area contributed by atoms with E-state index in [0.29, 0.717) is 30.1 Å². The first-order chi connectivity index (χ1) is 13.0. The lowest BCUT2D eigenvalue weighted by atomic mass is 10.1. The number of aromatic amines is 1. The van der Waals surface area contributed by atoms with Gasteiger partial charge in [-0.25, -0.2) is 23.1 Å². The molecule has 0 unspecified atom stereocenters. The van der Waals surface area contributed by atoms with Gasteiger partial charge in [-0.1, -0.05) is 0 Å². The van der Waals surface area contributed by atoms with Crippen LogP contribution >= 0.6 is 0 Å². The molecule has 1 saturated carbocycles. The van der Waals surface area contributed by atoms with Gasteiger partial charge in [0.15, 0.2) is 0 Å². The number of halogens is 3. The highest BCUT2D eigenvalue weighted by Gasteiger charge is 2.43. The Kier molecular flexibility index (Phi) is 3.40. The van der Waals surface area contributed by atoms with Crippen molar-refractivity contribution in [2.24, 2.45) is 0 Å². The van der Waals surface area contributed by atoms with Gasteiger partial charge >= 0.3 is 0 Å². The van der Waals surface area contributed by atoms with Gasteiger partial charge in [0.05, 0.1) is 12.7 Å². The number of anilines is 1. The van der Waals surface area contributed by atoms with Crippen LogP contribution in [0.15, 0.2) is 36.9 Å². The molecular formula is C18H15F3N6. The summed E-state index contributed by atoms with van der Waals surface area (Å²) in [6, 6.07) is 3.50. The fourth-order valence-electron chi connectivity index (χ4n) is 3.10. The average Bonchev–Trinajstić information content (AvgIpc) is 3.08. The first kappa shape index (κ1) is 16.1. The lowest BCUT2D eigenvalue weighted by Gasteiger charge is -2.07. The second kappa shape index (κ2) is 5.70. The van der Waals surface area contributed by atoms with Gasteiger partial charge in [0, 0.05) is 35.1 Å². The van der Waals surface area contributed by atoms with Gasteiger partial charge in [0.1, 0.15) is 22.7 Å². The summed E-state index contributed by atoms with van der Waals surface area (Å²) in [6.07, 6.45) is 4.70. The van der Waals surface area contributed by atoms with Gasteiger partial charge in [-0.2, -0.15) is 4.98 Å². The summed E-state index contributed by atoms with van der Waals surface area (Å²) >= 11 is 0. The SMILES string of the molecule is FC(F)c1cnc2ccc(-c3c[nH]c4nc(NCC5(F)CC5)ncc34)cn12. The van der Waals surface area contributed by atoms with E-state index in [1.807, 2.05) is 6.07 Å². The van der Waals surface area contributed by atoms with Crippen LogP contribution in [0.25, 0.3) is 27.8 Å². The second-order valence-electron chi connectivity index (χ2n) is 6.79. The lowest BCUT2D eigenvalue weighted by molar-refractivity contribution is 0.145. The van der Waals surface area contributed by atoms with Crippen molar-refractivity contribution in [1.82, 2.24) is 24.3 Å². The van der Waals surface area contributed by atoms with Crippen molar-refractivity contribution >= 4 is 22.6 Å². The number of pyridine rings is 1. The third-order valence-corrected chi connectivity index (χ3v) is 4.86. The minimum Gasteiger partial charge on any atom is -0.351 e. The van der Waals surface area contributed by atoms with Crippen molar-refractivity contribution < 1.29 is 13.2 Å². The topological polar surface area (TPSA) is 70.9 Å². The number of hydrogen-bond donors (Lipinski definition) is 2. The summed E-state index contributed by atoms with van der Waals surface area (Å²) in [7, 11) is 0. The van der Waals surface area contributed by atoms with E-state index < -0.39 is 12.1 Å². The molecule has 2 N–H and O–H groups in total. The van der Waals surface area contributed by atoms with Crippen LogP contribution in [0.2, 0.25) is 0 Å². The standard InChI is InChI=1S/C18H15F3N6/c19-15(20)13-7-22-14-2-1-10(8-27(13)14)11-5-23-16-12(11)6-24-17(26-16)25-9-18(21)3-4-18/h1-2,5-8,15H,3-4,9H2,(H2,23,24,25,26). The van der Waals surface area contributed by atoms with Crippen LogP contribution in [-0.2, 0) is 0 Å². The maximum absolute atomic E-state index is 13.7. The maximum Gasteiger partial charge on any atom is 0.280 e. The molecule has 0 aromatic carbocycles. The fourth-order valence-corrected chi connectivity index (χ4v) is 3.10. The van der Waals surface area contributed by atoms with Crippen molar-refractivity contribution in [3.05, 3.63) is 42.6 Å². The minimum atomic E-state index is -2.61. The summed E-state index contributed by atoms with van der Waals surface area (Å²) in [5, 5.41) is 3.67. The van der Waals surface area contributed by atoms with E-state index in [4.69, 9.17) is 0 Å². The molecule has 4 aromatic heterocycles. The zero-order valence-corrected chi connectivity index (χ0v) is 14.1. The molecule has 1 fully saturated rings. The quantitative estimate of drug-likeness (QED) is 0.553. The molecule has 27 heavy (non-hydrogen) atoms. The highest BCUT2D eigenvalue weighted by Crippen LogP contribution is 2.39. The molecule has 0 aliphatic heterocycles. The highest BCUT2D eigenvalue weighted by molar-refractivity contribution is 5.93. The van der Waals surface area contributed by atoms with Gasteiger partial charge in [-0.05, 0) is 25.0 Å². The predicted molar refractivity (Wildman–Crippen MR) is 94.6 cm³/mol. The van der Waals surface area contributed by atoms with Crippen LogP contribution in [0.3, 0.4) is 0 Å². The van der Waals surface area contributed by atoms with Crippen LogP contribution in [-0.4, -0.2) is 36.6 Å². The average molecular weight is 372 g/mol. The Hall–Kier alpha value is -3.10. The molecule has 5 rings (SSSR count). The molecular weight excluding hydrogens is 357 g/mol. The minimum absolute atomic E-state index is 0.158. The maximum atomic E-state index is 13.7. The van der Waals surface area contributed by atoms with Gasteiger partial charge in [0.25, 0.3) is 6.43 Å². The van der Waals surface area contributed by atoms with Crippen LogP contribution < -0.4 is 5.32 Å². The van der Waals surface area contributed by atoms with E-state index in [2.05, 4.69) is 25.3 Å². The van der Waals surface area contributed by atoms with E-state index in [0.717, 1.165) is 16.5 Å². The monoisotopic (exact) mass is 372 g/mol. The van der Waals surface area contributed by atoms with Crippen molar-refractivity contribution in [3.8, 4) is 11.1 Å². The number of nitrogens with one attached hydrogen (secondary N) is 2. The van der Waals surface area contributed by atoms with E-state index in [1.54, 1.807) is 24.7 Å². The summed E-state index contributed by atoms with van der Waals surface area (Å²) in [6.45, 7) is 0.194. The summed E-state index contributed by atoms with van der Waals surface area (Å²) in [5.74, 6) is 0.352. The third-order valence-electron chi connectivity index (χ3n) is 4.86. The molecule has 0 spiro atoms. The Labute approximate surface area is 151 Å². The van der Waals surface area contributed by atoms with Crippen molar-refractivity contribution in [1.29, 1.82) is 0 Å². The Morgan fingerprint density at radius 3 is 2.85 bits per heavy atom. The number of hydrogen-bond acceptors (Lipinski definition) is 4. The molecule has 138 valence electrons. The third kappa shape index (κ3) is 2.79. The summed E-state index contributed by atoms with van der Waals surface area (Å²) in [5.41, 5.74) is 1.27. The summed E-state index contributed by atoms with van der Waals surface area (Å²) in [4.78, 5) is 15.7. The number of aromatic nitrogens is 5. The number of H-pyrrole nitrogens is 1. The van der Waals surface area contributed by atoms with Crippen molar-refractivity contribution in [2.45, 2.75) is 24.9 Å². The molecule has 0 amide bonds. The molecule has 1 aliphatic rings. The van der Waals surface area contributed by atoms with E-state index in [9.17, 15) is 13.2 Å². The Morgan fingerprint density at radius 1 is 1.22 bits per heavy atom. The largest absolute Gasteiger partial charge is 0.351 e. The van der Waals surface area contributed by atoms with E-state index in [1.165, 1.54) is 10.6 Å². The van der Waals surface area contributed by atoms with Crippen LogP contribution in [0.4, 0.5) is 19.1 Å². The van der Waals surface area contributed by atoms with Gasteiger partial charge in [0.2, 0.25) is 5.95 Å². The number of nitrogens with zero attached hydrogens (tertiary/aromatic N) is 4. The van der Waals surface area contributed by atoms with E-state index >= 15 is 0 Å². The first-order valence-electron chi connectivity index (χ1n) is 8.55. The molecule has 6 nitrogen and oxygen atoms in total. The van der Waals surface area contributed by atoms with Crippen LogP contribution in [0, 0.1) is 0 Å². The predicted octanol–water partition coefficient (Wildman–Crippen LogP) is 4.12. The molecule has 0 bridgehead atoms. The number of imidazole rings is 1. The number of fused-ring (bicyclic) bond motifs is 2. The smallest absolute Gasteiger partial charge is 0.280 e. The van der Waals surface area contributed by atoms with Gasteiger partial charge in [-0.3, -0.25) is 4.40 Å². The zero-order valence-electron chi connectivity index (χ0n) is 14.1. The Bertz CT molecular complexity index is 1140. The van der Waals surface area contributed by atoms with E-state index in [-0.39, 0.29) is 12.2 Å². The normalized spacial score (nSPS) is 15.7. The lowest BCUT2D eigenvalue weighted by Crippen LogP contribution is -2.17. The highest BCUT2D eigenvalue weighted by atomic mass is 19.3. The van der Waals surface area contributed by atoms with Crippen LogP contribution in [0.1, 0.15) is 25.0 Å². The molecule has 1 aliphatic carbocycles. The van der Waals surface area contributed by atoms with Crippen molar-refractivity contribution in [2.75, 3.05) is 11.9 Å². The number of rotatable bonds is 5. The van der Waals surface area contributed by atoms with Gasteiger partial charge < -0.3 is 10.3 Å². The Morgan fingerprint density at radius 2 is 2.07 bits per heavy atom. The molecule has 0 atom stereocenters. The second-order valence-corrected chi connectivity index (χ2v) is 6.79. The first-order valence-corrected chi connectivity index (χ1v) is 8.55. The Balaban J connectivity index is 1.51. The summed E-state index contributed by atoms with van der Waals surface area (Å²) < 4.78 is 41.4. The van der Waals surface area contributed by atoms with Crippen LogP contribution in [0.5, 0.6) is 0 Å². The molecule has 0 radical (unpaired) electrons. The molecule has 0 saturated heterocycles. The molecule has 4 heterocycles. The van der Waals surface area contributed by atoms with Gasteiger partial charge in [-0.15, -0.1) is 0 Å². The fraction of sp³-hybridized carbons (Fsp3) is 0.278. The molecule has 4 aromatic rings. The van der Waals surface area contributed by atoms with Crippen molar-refractivity contribution in [3.63, 3.8) is 0 Å².